The number of carbonyl (C=O) groups is 1. The Morgan fingerprint density at radius 1 is 1.27 bits per heavy atom. The Morgan fingerprint density at radius 2 is 1.91 bits per heavy atom. The maximum atomic E-state index is 11.9. The third kappa shape index (κ3) is 9.97. The van der Waals surface area contributed by atoms with Crippen molar-refractivity contribution in [3.05, 3.63) is 35.9 Å². The molecule has 0 aliphatic heterocycles. The number of methoxy groups -OCH3 is 1. The molecule has 0 fully saturated rings. The van der Waals surface area contributed by atoms with Crippen LogP contribution >= 0.6 is 24.8 Å². The molecule has 0 saturated carbocycles. The highest BCUT2D eigenvalue weighted by Gasteiger charge is 2.13. The van der Waals surface area contributed by atoms with Crippen molar-refractivity contribution in [1.29, 1.82) is 0 Å². The minimum atomic E-state index is -0.498. The lowest BCUT2D eigenvalue weighted by Crippen LogP contribution is -2.44. The van der Waals surface area contributed by atoms with Crippen LogP contribution in [0.3, 0.4) is 0 Å². The Hall–Kier alpha value is -0.850. The summed E-state index contributed by atoms with van der Waals surface area (Å²) in [5.74, 6) is -0.103. The number of hydrogen-bond acceptors (Lipinski definition) is 4. The summed E-state index contributed by atoms with van der Waals surface area (Å²) in [5.41, 5.74) is 6.98. The first-order valence-electron chi connectivity index (χ1n) is 6.88. The zero-order valence-electron chi connectivity index (χ0n) is 13.2. The van der Waals surface area contributed by atoms with E-state index in [2.05, 4.69) is 10.2 Å². The molecular formula is C15H27Cl2N3O2. The molecule has 1 amide bonds. The summed E-state index contributed by atoms with van der Waals surface area (Å²) in [7, 11) is 3.67. The fourth-order valence-corrected chi connectivity index (χ4v) is 1.82. The molecular weight excluding hydrogens is 325 g/mol. The van der Waals surface area contributed by atoms with Crippen LogP contribution in [0.1, 0.15) is 5.56 Å². The van der Waals surface area contributed by atoms with Gasteiger partial charge in [-0.2, -0.15) is 0 Å². The van der Waals surface area contributed by atoms with E-state index in [1.807, 2.05) is 37.4 Å². The predicted molar refractivity (Wildman–Crippen MR) is 95.0 cm³/mol. The van der Waals surface area contributed by atoms with Crippen molar-refractivity contribution in [2.24, 2.45) is 5.73 Å². The Morgan fingerprint density at radius 3 is 2.50 bits per heavy atom. The van der Waals surface area contributed by atoms with Crippen LogP contribution in [0.4, 0.5) is 0 Å². The number of ether oxygens (including phenoxy) is 1. The van der Waals surface area contributed by atoms with Crippen LogP contribution in [0.15, 0.2) is 30.3 Å². The van der Waals surface area contributed by atoms with Crippen molar-refractivity contribution in [3.63, 3.8) is 0 Å². The number of nitrogens with two attached hydrogens (primary N) is 1. The third-order valence-electron chi connectivity index (χ3n) is 3.11. The smallest absolute Gasteiger partial charge is 0.237 e. The molecule has 1 unspecified atom stereocenters. The summed E-state index contributed by atoms with van der Waals surface area (Å²) in [4.78, 5) is 14.0. The van der Waals surface area contributed by atoms with Crippen molar-refractivity contribution in [2.75, 3.05) is 40.4 Å². The molecule has 0 radical (unpaired) electrons. The van der Waals surface area contributed by atoms with Gasteiger partial charge in [0.05, 0.1) is 12.6 Å². The lowest BCUT2D eigenvalue weighted by Gasteiger charge is -2.17. The quantitative estimate of drug-likeness (QED) is 0.698. The highest BCUT2D eigenvalue weighted by Crippen LogP contribution is 2.01. The van der Waals surface area contributed by atoms with E-state index >= 15 is 0 Å². The molecule has 1 aromatic carbocycles. The number of benzene rings is 1. The molecule has 0 bridgehead atoms. The number of likely N-dealkylation sites (N-methyl/N-ethyl adjacent to an activating group) is 1. The van der Waals surface area contributed by atoms with Gasteiger partial charge in [-0.25, -0.2) is 0 Å². The summed E-state index contributed by atoms with van der Waals surface area (Å²) in [6.07, 6.45) is 0.562. The Bertz CT molecular complexity index is 394. The minimum Gasteiger partial charge on any atom is -0.383 e. The van der Waals surface area contributed by atoms with Crippen LogP contribution in [0.2, 0.25) is 0 Å². The summed E-state index contributed by atoms with van der Waals surface area (Å²) < 4.78 is 5.00. The summed E-state index contributed by atoms with van der Waals surface area (Å²) >= 11 is 0. The van der Waals surface area contributed by atoms with E-state index in [1.165, 1.54) is 0 Å². The van der Waals surface area contributed by atoms with E-state index in [-0.39, 0.29) is 30.7 Å². The predicted octanol–water partition coefficient (Wildman–Crippen LogP) is 1.09. The first-order valence-corrected chi connectivity index (χ1v) is 6.88. The topological polar surface area (TPSA) is 67.6 Å². The molecule has 0 aliphatic carbocycles. The number of nitrogens with one attached hydrogen (secondary N) is 1. The van der Waals surface area contributed by atoms with Gasteiger partial charge in [-0.1, -0.05) is 30.3 Å². The van der Waals surface area contributed by atoms with Gasteiger partial charge in [-0.05, 0) is 19.0 Å². The molecule has 1 atom stereocenters. The van der Waals surface area contributed by atoms with Crippen LogP contribution in [0.25, 0.3) is 0 Å². The van der Waals surface area contributed by atoms with Gasteiger partial charge < -0.3 is 20.7 Å². The zero-order chi connectivity index (χ0) is 14.8. The first kappa shape index (κ1) is 23.4. The van der Waals surface area contributed by atoms with E-state index in [9.17, 15) is 4.79 Å². The molecule has 7 heteroatoms. The van der Waals surface area contributed by atoms with Gasteiger partial charge in [0.2, 0.25) is 5.91 Å². The van der Waals surface area contributed by atoms with Crippen LogP contribution in [0, 0.1) is 0 Å². The first-order chi connectivity index (χ1) is 9.63. The number of hydrogen-bond donors (Lipinski definition) is 2. The number of nitrogens with zero attached hydrogens (tertiary/aromatic N) is 1. The minimum absolute atomic E-state index is 0. The summed E-state index contributed by atoms with van der Waals surface area (Å²) in [6, 6.07) is 9.30. The van der Waals surface area contributed by atoms with Gasteiger partial charge in [0.25, 0.3) is 0 Å². The number of amides is 1. The summed E-state index contributed by atoms with van der Waals surface area (Å²) in [6.45, 7) is 2.93. The van der Waals surface area contributed by atoms with Crippen molar-refractivity contribution >= 4 is 30.7 Å². The summed E-state index contributed by atoms with van der Waals surface area (Å²) in [5, 5.41) is 2.86. The lowest BCUT2D eigenvalue weighted by atomic mass is 10.1. The molecule has 3 N–H and O–H groups in total. The molecule has 0 aliphatic rings. The second-order valence-electron chi connectivity index (χ2n) is 4.88. The van der Waals surface area contributed by atoms with Crippen LogP contribution in [0.5, 0.6) is 0 Å². The maximum absolute atomic E-state index is 11.9. The Labute approximate surface area is 145 Å². The van der Waals surface area contributed by atoms with Gasteiger partial charge in [0.15, 0.2) is 0 Å². The average molecular weight is 352 g/mol. The molecule has 0 saturated heterocycles. The molecule has 0 spiro atoms. The van der Waals surface area contributed by atoms with E-state index in [4.69, 9.17) is 10.5 Å². The second-order valence-corrected chi connectivity index (χ2v) is 4.88. The van der Waals surface area contributed by atoms with E-state index in [1.54, 1.807) is 7.11 Å². The Balaban J connectivity index is 0. The second kappa shape index (κ2) is 13.8. The normalized spacial score (nSPS) is 11.3. The fraction of sp³-hybridized carbons (Fsp3) is 0.533. The molecule has 1 rings (SSSR count). The van der Waals surface area contributed by atoms with Crippen molar-refractivity contribution in [1.82, 2.24) is 10.2 Å². The SMILES string of the molecule is COCCN(C)CCNC(=O)C(N)Cc1ccccc1.Cl.Cl. The largest absolute Gasteiger partial charge is 0.383 e. The highest BCUT2D eigenvalue weighted by atomic mass is 35.5. The zero-order valence-corrected chi connectivity index (χ0v) is 14.8. The van der Waals surface area contributed by atoms with Gasteiger partial charge in [0, 0.05) is 26.7 Å². The lowest BCUT2D eigenvalue weighted by molar-refractivity contribution is -0.122. The van der Waals surface area contributed by atoms with Gasteiger partial charge in [-0.3, -0.25) is 4.79 Å². The van der Waals surface area contributed by atoms with Crippen molar-refractivity contribution < 1.29 is 9.53 Å². The average Bonchev–Trinajstić information content (AvgIpc) is 2.46. The third-order valence-corrected chi connectivity index (χ3v) is 3.11. The standard InChI is InChI=1S/C15H25N3O2.2ClH/c1-18(10-11-20-2)9-8-17-15(19)14(16)12-13-6-4-3-5-7-13;;/h3-7,14H,8-12,16H2,1-2H3,(H,17,19);2*1H. The van der Waals surface area contributed by atoms with Gasteiger partial charge >= 0.3 is 0 Å². The maximum Gasteiger partial charge on any atom is 0.237 e. The van der Waals surface area contributed by atoms with Crippen LogP contribution in [-0.2, 0) is 16.0 Å². The van der Waals surface area contributed by atoms with Gasteiger partial charge in [-0.15, -0.1) is 24.8 Å². The molecule has 5 nitrogen and oxygen atoms in total. The fourth-order valence-electron chi connectivity index (χ4n) is 1.82. The van der Waals surface area contributed by atoms with Gasteiger partial charge in [0.1, 0.15) is 0 Å². The molecule has 1 aromatic rings. The van der Waals surface area contributed by atoms with E-state index in [0.29, 0.717) is 19.6 Å². The molecule has 0 aromatic heterocycles. The molecule has 22 heavy (non-hydrogen) atoms. The number of rotatable bonds is 9. The monoisotopic (exact) mass is 351 g/mol. The van der Waals surface area contributed by atoms with Crippen LogP contribution < -0.4 is 11.1 Å². The van der Waals surface area contributed by atoms with E-state index < -0.39 is 6.04 Å². The molecule has 128 valence electrons. The number of carbonyl (C=O) groups excluding carboxylic acids is 1. The van der Waals surface area contributed by atoms with Crippen molar-refractivity contribution in [2.45, 2.75) is 12.5 Å². The number of halogens is 2. The Kier molecular flexibility index (Phi) is 14.7. The molecule has 0 heterocycles. The van der Waals surface area contributed by atoms with Crippen molar-refractivity contribution in [3.8, 4) is 0 Å². The van der Waals surface area contributed by atoms with E-state index in [0.717, 1.165) is 18.7 Å². The van der Waals surface area contributed by atoms with Crippen LogP contribution in [-0.4, -0.2) is 57.2 Å². The highest BCUT2D eigenvalue weighted by molar-refractivity contribution is 5.85.